The first-order valence-corrected chi connectivity index (χ1v) is 6.67. The van der Waals surface area contributed by atoms with Crippen LogP contribution in [0.5, 0.6) is 0 Å². The van der Waals surface area contributed by atoms with Crippen molar-refractivity contribution in [2.75, 3.05) is 5.73 Å². The lowest BCUT2D eigenvalue weighted by atomic mass is 10.1. The predicted octanol–water partition coefficient (Wildman–Crippen LogP) is 2.44. The Morgan fingerprint density at radius 3 is 2.33 bits per heavy atom. The zero-order valence-corrected chi connectivity index (χ0v) is 11.2. The Labute approximate surface area is 120 Å². The molecule has 108 valence electrons. The van der Waals surface area contributed by atoms with E-state index >= 15 is 0 Å². The number of benzene rings is 2. The molecule has 0 fully saturated rings. The summed E-state index contributed by atoms with van der Waals surface area (Å²) in [7, 11) is 0. The number of carbonyl (C=O) groups excluding carboxylic acids is 1. The predicted molar refractivity (Wildman–Crippen MR) is 75.9 cm³/mol. The van der Waals surface area contributed by atoms with Gasteiger partial charge in [0, 0.05) is 6.04 Å². The third-order valence-electron chi connectivity index (χ3n) is 3.73. The lowest BCUT2D eigenvalue weighted by molar-refractivity contribution is 0.0930. The van der Waals surface area contributed by atoms with E-state index in [-0.39, 0.29) is 11.7 Å². The van der Waals surface area contributed by atoms with Gasteiger partial charge >= 0.3 is 0 Å². The highest BCUT2D eigenvalue weighted by atomic mass is 19.1. The summed E-state index contributed by atoms with van der Waals surface area (Å²) in [4.78, 5) is 12.1. The number of fused-ring (bicyclic) bond motifs is 1. The molecule has 0 bridgehead atoms. The van der Waals surface area contributed by atoms with E-state index in [9.17, 15) is 13.6 Å². The Morgan fingerprint density at radius 2 is 1.71 bits per heavy atom. The maximum atomic E-state index is 13.8. The fourth-order valence-electron chi connectivity index (χ4n) is 2.70. The van der Waals surface area contributed by atoms with Crippen molar-refractivity contribution in [3.8, 4) is 0 Å². The number of nitrogens with one attached hydrogen (secondary N) is 1. The molecule has 2 aromatic carbocycles. The van der Waals surface area contributed by atoms with Crippen LogP contribution >= 0.6 is 0 Å². The summed E-state index contributed by atoms with van der Waals surface area (Å²) in [5.41, 5.74) is 6.82. The molecule has 1 aliphatic rings. The number of hydrogen-bond donors (Lipinski definition) is 2. The number of anilines is 1. The van der Waals surface area contributed by atoms with Gasteiger partial charge in [-0.15, -0.1) is 0 Å². The van der Waals surface area contributed by atoms with Crippen LogP contribution in [0.2, 0.25) is 0 Å². The van der Waals surface area contributed by atoms with E-state index in [0.29, 0.717) is 12.8 Å². The van der Waals surface area contributed by atoms with Crippen molar-refractivity contribution in [3.63, 3.8) is 0 Å². The minimum absolute atomic E-state index is 0.157. The van der Waals surface area contributed by atoms with Crippen LogP contribution in [-0.2, 0) is 12.8 Å². The van der Waals surface area contributed by atoms with E-state index in [2.05, 4.69) is 5.32 Å². The molecule has 3 N–H and O–H groups in total. The van der Waals surface area contributed by atoms with Crippen LogP contribution in [0.25, 0.3) is 0 Å². The second-order valence-corrected chi connectivity index (χ2v) is 5.17. The lowest BCUT2D eigenvalue weighted by Gasteiger charge is -2.13. The van der Waals surface area contributed by atoms with Crippen molar-refractivity contribution in [2.45, 2.75) is 18.9 Å². The van der Waals surface area contributed by atoms with Gasteiger partial charge in [-0.25, -0.2) is 8.78 Å². The minimum Gasteiger partial charge on any atom is -0.396 e. The molecule has 3 nitrogen and oxygen atoms in total. The number of nitrogens with two attached hydrogens (primary N) is 1. The molecule has 0 saturated carbocycles. The van der Waals surface area contributed by atoms with E-state index in [1.807, 2.05) is 24.3 Å². The Hall–Kier alpha value is -2.43. The lowest BCUT2D eigenvalue weighted by Crippen LogP contribution is -2.36. The van der Waals surface area contributed by atoms with Crippen LogP contribution in [0.1, 0.15) is 21.5 Å². The van der Waals surface area contributed by atoms with Crippen molar-refractivity contribution in [1.29, 1.82) is 0 Å². The summed E-state index contributed by atoms with van der Waals surface area (Å²) >= 11 is 0. The molecular weight excluding hydrogens is 274 g/mol. The molecule has 21 heavy (non-hydrogen) atoms. The molecule has 1 amide bonds. The van der Waals surface area contributed by atoms with Gasteiger partial charge in [-0.2, -0.15) is 0 Å². The number of hydrogen-bond acceptors (Lipinski definition) is 2. The summed E-state index contributed by atoms with van der Waals surface area (Å²) in [5, 5.41) is 2.68. The topological polar surface area (TPSA) is 55.1 Å². The molecule has 0 spiro atoms. The first-order valence-electron chi connectivity index (χ1n) is 6.67. The number of halogens is 2. The van der Waals surface area contributed by atoms with Crippen LogP contribution in [0.4, 0.5) is 14.5 Å². The standard InChI is InChI=1S/C16H14F2N2O/c17-12-5-6-13(19)15(18)14(12)16(21)20-11-7-9-3-1-2-4-10(9)8-11/h1-6,11H,7-8,19H2,(H,20,21). The molecule has 0 saturated heterocycles. The van der Waals surface area contributed by atoms with Crippen LogP contribution in [0.3, 0.4) is 0 Å². The van der Waals surface area contributed by atoms with Crippen molar-refractivity contribution in [1.82, 2.24) is 5.32 Å². The van der Waals surface area contributed by atoms with Gasteiger partial charge in [-0.3, -0.25) is 4.79 Å². The van der Waals surface area contributed by atoms with Gasteiger partial charge in [0.05, 0.1) is 5.69 Å². The van der Waals surface area contributed by atoms with E-state index in [1.165, 1.54) is 0 Å². The highest BCUT2D eigenvalue weighted by Crippen LogP contribution is 2.23. The number of carbonyl (C=O) groups is 1. The zero-order chi connectivity index (χ0) is 15.0. The van der Waals surface area contributed by atoms with E-state index in [1.54, 1.807) is 0 Å². The molecular formula is C16H14F2N2O. The maximum absolute atomic E-state index is 13.8. The van der Waals surface area contributed by atoms with Crippen molar-refractivity contribution in [3.05, 3.63) is 64.7 Å². The van der Waals surface area contributed by atoms with E-state index < -0.39 is 23.1 Å². The summed E-state index contributed by atoms with van der Waals surface area (Å²) in [6.07, 6.45) is 1.32. The first-order chi connectivity index (χ1) is 10.1. The van der Waals surface area contributed by atoms with Gasteiger partial charge in [0.2, 0.25) is 0 Å². The molecule has 5 heteroatoms. The maximum Gasteiger partial charge on any atom is 0.257 e. The number of nitrogen functional groups attached to an aromatic ring is 1. The molecule has 3 rings (SSSR count). The van der Waals surface area contributed by atoms with Crippen LogP contribution < -0.4 is 11.1 Å². The average molecular weight is 288 g/mol. The molecule has 0 aromatic heterocycles. The summed E-state index contributed by atoms with van der Waals surface area (Å²) in [6, 6.07) is 9.78. The fourth-order valence-corrected chi connectivity index (χ4v) is 2.70. The number of rotatable bonds is 2. The van der Waals surface area contributed by atoms with Gasteiger partial charge in [0.15, 0.2) is 5.82 Å². The van der Waals surface area contributed by atoms with Crippen LogP contribution in [0.15, 0.2) is 36.4 Å². The van der Waals surface area contributed by atoms with Crippen molar-refractivity contribution < 1.29 is 13.6 Å². The van der Waals surface area contributed by atoms with Gasteiger partial charge in [-0.05, 0) is 36.1 Å². The molecule has 1 aliphatic carbocycles. The second kappa shape index (κ2) is 5.16. The molecule has 0 aliphatic heterocycles. The smallest absolute Gasteiger partial charge is 0.257 e. The Kier molecular flexibility index (Phi) is 3.33. The Morgan fingerprint density at radius 1 is 1.10 bits per heavy atom. The fraction of sp³-hybridized carbons (Fsp3) is 0.188. The second-order valence-electron chi connectivity index (χ2n) is 5.17. The van der Waals surface area contributed by atoms with E-state index in [4.69, 9.17) is 5.73 Å². The molecule has 2 aromatic rings. The quantitative estimate of drug-likeness (QED) is 0.834. The van der Waals surface area contributed by atoms with Gasteiger partial charge < -0.3 is 11.1 Å². The normalized spacial score (nSPS) is 14.0. The third kappa shape index (κ3) is 2.46. The molecule has 0 radical (unpaired) electrons. The molecule has 0 atom stereocenters. The van der Waals surface area contributed by atoms with Crippen molar-refractivity contribution in [2.24, 2.45) is 0 Å². The zero-order valence-electron chi connectivity index (χ0n) is 11.2. The van der Waals surface area contributed by atoms with Crippen LogP contribution in [0, 0.1) is 11.6 Å². The summed E-state index contributed by atoms with van der Waals surface area (Å²) in [6.45, 7) is 0. The van der Waals surface area contributed by atoms with Crippen molar-refractivity contribution >= 4 is 11.6 Å². The Balaban J connectivity index is 1.79. The molecule has 0 heterocycles. The first kappa shape index (κ1) is 13.5. The monoisotopic (exact) mass is 288 g/mol. The summed E-state index contributed by atoms with van der Waals surface area (Å²) < 4.78 is 27.5. The van der Waals surface area contributed by atoms with Gasteiger partial charge in [-0.1, -0.05) is 24.3 Å². The van der Waals surface area contributed by atoms with E-state index in [0.717, 1.165) is 23.3 Å². The number of amides is 1. The van der Waals surface area contributed by atoms with Crippen LogP contribution in [-0.4, -0.2) is 11.9 Å². The highest BCUT2D eigenvalue weighted by molar-refractivity contribution is 5.96. The average Bonchev–Trinajstić information content (AvgIpc) is 2.85. The highest BCUT2D eigenvalue weighted by Gasteiger charge is 2.26. The SMILES string of the molecule is Nc1ccc(F)c(C(=O)NC2Cc3ccccc3C2)c1F. The van der Waals surface area contributed by atoms with Gasteiger partial charge in [0.1, 0.15) is 11.4 Å². The largest absolute Gasteiger partial charge is 0.396 e. The third-order valence-corrected chi connectivity index (χ3v) is 3.73. The van der Waals surface area contributed by atoms with Gasteiger partial charge in [0.25, 0.3) is 5.91 Å². The summed E-state index contributed by atoms with van der Waals surface area (Å²) in [5.74, 6) is -2.69. The Bertz CT molecular complexity index is 690. The molecule has 0 unspecified atom stereocenters. The minimum atomic E-state index is -1.01.